The molecule has 208 valence electrons. The van der Waals surface area contributed by atoms with Crippen molar-refractivity contribution < 1.29 is 0 Å². The lowest BCUT2D eigenvalue weighted by Gasteiger charge is -2.25. The lowest BCUT2D eigenvalue weighted by Crippen LogP contribution is -2.09. The van der Waals surface area contributed by atoms with E-state index in [4.69, 9.17) is 0 Å². The van der Waals surface area contributed by atoms with Gasteiger partial charge in [-0.25, -0.2) is 9.97 Å². The van der Waals surface area contributed by atoms with Crippen LogP contribution in [-0.4, -0.2) is 14.5 Å². The minimum absolute atomic E-state index is 0.678. The molecule has 44 heavy (non-hydrogen) atoms. The Bertz CT molecular complexity index is 2150. The molecule has 0 N–H and O–H groups in total. The van der Waals surface area contributed by atoms with Crippen LogP contribution in [0.1, 0.15) is 0 Å². The Balaban J connectivity index is 1.12. The fourth-order valence-electron chi connectivity index (χ4n) is 6.03. The van der Waals surface area contributed by atoms with E-state index in [1.165, 1.54) is 33.0 Å². The first-order chi connectivity index (χ1) is 21.8. The molecule has 6 aromatic carbocycles. The third-order valence-electron chi connectivity index (χ3n) is 8.13. The van der Waals surface area contributed by atoms with Crippen LogP contribution >= 0.6 is 0 Å². The molecule has 4 nitrogen and oxygen atoms in total. The van der Waals surface area contributed by atoms with Crippen molar-refractivity contribution in [1.82, 2.24) is 14.5 Å². The number of aromatic nitrogens is 3. The Labute approximate surface area is 256 Å². The highest BCUT2D eigenvalue weighted by Crippen LogP contribution is 2.37. The fraction of sp³-hybridized carbons (Fsp3) is 0. The largest absolute Gasteiger partial charge is 0.311 e. The molecule has 0 atom stereocenters. The molecule has 0 saturated carbocycles. The molecule has 2 aromatic heterocycles. The molecule has 0 saturated heterocycles. The lowest BCUT2D eigenvalue weighted by molar-refractivity contribution is 0.988. The quantitative estimate of drug-likeness (QED) is 0.201. The number of fused-ring (bicyclic) bond motifs is 3. The maximum absolute atomic E-state index is 4.54. The van der Waals surface area contributed by atoms with Crippen LogP contribution in [-0.2, 0) is 0 Å². The average molecular weight is 565 g/mol. The van der Waals surface area contributed by atoms with Crippen molar-refractivity contribution in [1.29, 1.82) is 0 Å². The molecule has 0 fully saturated rings. The second-order valence-electron chi connectivity index (χ2n) is 10.8. The van der Waals surface area contributed by atoms with Gasteiger partial charge in [0.1, 0.15) is 0 Å². The van der Waals surface area contributed by atoms with Crippen molar-refractivity contribution in [2.24, 2.45) is 0 Å². The smallest absolute Gasteiger partial charge is 0.234 e. The first kappa shape index (κ1) is 25.7. The van der Waals surface area contributed by atoms with E-state index in [2.05, 4.69) is 171 Å². The lowest BCUT2D eigenvalue weighted by atomic mass is 9.99. The van der Waals surface area contributed by atoms with Gasteiger partial charge in [-0.15, -0.1) is 0 Å². The molecule has 8 aromatic rings. The zero-order valence-electron chi connectivity index (χ0n) is 24.0. The van der Waals surface area contributed by atoms with Crippen LogP contribution in [0, 0.1) is 0 Å². The molecule has 2 heterocycles. The number of benzene rings is 6. The van der Waals surface area contributed by atoms with Crippen molar-refractivity contribution in [3.8, 4) is 28.2 Å². The third-order valence-corrected chi connectivity index (χ3v) is 8.13. The number of rotatable bonds is 6. The summed E-state index contributed by atoms with van der Waals surface area (Å²) in [5.41, 5.74) is 10.3. The maximum Gasteiger partial charge on any atom is 0.234 e. The maximum atomic E-state index is 4.54. The van der Waals surface area contributed by atoms with Gasteiger partial charge in [0.25, 0.3) is 0 Å². The van der Waals surface area contributed by atoms with Crippen molar-refractivity contribution in [2.45, 2.75) is 0 Å². The van der Waals surface area contributed by atoms with Crippen molar-refractivity contribution in [3.63, 3.8) is 0 Å². The fourth-order valence-corrected chi connectivity index (χ4v) is 6.03. The van der Waals surface area contributed by atoms with Crippen LogP contribution in [0.4, 0.5) is 17.1 Å². The highest BCUT2D eigenvalue weighted by Gasteiger charge is 2.15. The van der Waals surface area contributed by atoms with Crippen molar-refractivity contribution in [3.05, 3.63) is 170 Å². The Kier molecular flexibility index (Phi) is 6.43. The van der Waals surface area contributed by atoms with Gasteiger partial charge in [-0.1, -0.05) is 97.1 Å². The third kappa shape index (κ3) is 4.59. The van der Waals surface area contributed by atoms with Crippen molar-refractivity contribution >= 4 is 38.9 Å². The SMILES string of the molecule is c1ccc(N(c2ccccc2)c2ccc(-c3ccc(-c4ccc5c(c4)c4ccccc4n5-c4ncccn4)cc3)cc2)cc1. The monoisotopic (exact) mass is 564 g/mol. The van der Waals surface area contributed by atoms with E-state index in [0.717, 1.165) is 28.1 Å². The standard InChI is InChI=1S/C40H28N4/c1-3-10-33(11-4-1)43(34-12-5-2-6-13-34)35-23-20-30(21-24-35)29-16-18-31(19-17-29)32-22-25-39-37(28-32)36-14-7-8-15-38(36)44(39)40-41-26-9-27-42-40/h1-28H. The number of hydrogen-bond donors (Lipinski definition) is 0. The first-order valence-electron chi connectivity index (χ1n) is 14.8. The molecular formula is C40H28N4. The molecule has 4 heteroatoms. The van der Waals surface area contributed by atoms with Crippen LogP contribution in [0.15, 0.2) is 170 Å². The minimum Gasteiger partial charge on any atom is -0.311 e. The van der Waals surface area contributed by atoms with Gasteiger partial charge < -0.3 is 4.90 Å². The summed E-state index contributed by atoms with van der Waals surface area (Å²) in [6.07, 6.45) is 3.57. The minimum atomic E-state index is 0.678. The van der Waals surface area contributed by atoms with Crippen LogP contribution in [0.25, 0.3) is 50.0 Å². The summed E-state index contributed by atoms with van der Waals surface area (Å²) in [4.78, 5) is 11.4. The van der Waals surface area contributed by atoms with E-state index >= 15 is 0 Å². The van der Waals surface area contributed by atoms with E-state index in [1.54, 1.807) is 12.4 Å². The van der Waals surface area contributed by atoms with E-state index < -0.39 is 0 Å². The summed E-state index contributed by atoms with van der Waals surface area (Å²) in [5.74, 6) is 0.678. The molecule has 0 aliphatic rings. The zero-order chi connectivity index (χ0) is 29.3. The van der Waals surface area contributed by atoms with Crippen LogP contribution in [0.3, 0.4) is 0 Å². The molecule has 0 radical (unpaired) electrons. The molecule has 0 aliphatic carbocycles. The van der Waals surface area contributed by atoms with Crippen LogP contribution in [0.2, 0.25) is 0 Å². The Morgan fingerprint density at radius 2 is 0.864 bits per heavy atom. The summed E-state index contributed by atoms with van der Waals surface area (Å²) in [6.45, 7) is 0. The summed E-state index contributed by atoms with van der Waals surface area (Å²) < 4.78 is 2.14. The number of hydrogen-bond acceptors (Lipinski definition) is 3. The Morgan fingerprint density at radius 3 is 1.50 bits per heavy atom. The number of para-hydroxylation sites is 3. The highest BCUT2D eigenvalue weighted by molar-refractivity contribution is 6.10. The second kappa shape index (κ2) is 11.0. The molecule has 0 spiro atoms. The average Bonchev–Trinajstić information content (AvgIpc) is 3.44. The normalized spacial score (nSPS) is 11.2. The van der Waals surface area contributed by atoms with Gasteiger partial charge in [-0.3, -0.25) is 4.57 Å². The van der Waals surface area contributed by atoms with E-state index in [9.17, 15) is 0 Å². The summed E-state index contributed by atoms with van der Waals surface area (Å²) in [5, 5.41) is 2.38. The topological polar surface area (TPSA) is 34.0 Å². The molecule has 0 aliphatic heterocycles. The predicted molar refractivity (Wildman–Crippen MR) is 182 cm³/mol. The predicted octanol–water partition coefficient (Wildman–Crippen LogP) is 10.4. The van der Waals surface area contributed by atoms with Crippen molar-refractivity contribution in [2.75, 3.05) is 4.90 Å². The summed E-state index contributed by atoms with van der Waals surface area (Å²) >= 11 is 0. The van der Waals surface area contributed by atoms with E-state index in [1.807, 2.05) is 6.07 Å². The van der Waals surface area contributed by atoms with Gasteiger partial charge >= 0.3 is 0 Å². The first-order valence-corrected chi connectivity index (χ1v) is 14.8. The molecule has 0 unspecified atom stereocenters. The van der Waals surface area contributed by atoms with Gasteiger partial charge in [-0.05, 0) is 82.9 Å². The van der Waals surface area contributed by atoms with Crippen LogP contribution in [0.5, 0.6) is 0 Å². The Morgan fingerprint density at radius 1 is 0.386 bits per heavy atom. The summed E-state index contributed by atoms with van der Waals surface area (Å²) in [6, 6.07) is 55.6. The van der Waals surface area contributed by atoms with E-state index in [0.29, 0.717) is 5.95 Å². The van der Waals surface area contributed by atoms with E-state index in [-0.39, 0.29) is 0 Å². The van der Waals surface area contributed by atoms with Gasteiger partial charge in [0, 0.05) is 40.2 Å². The van der Waals surface area contributed by atoms with Crippen LogP contribution < -0.4 is 4.90 Å². The molecular weight excluding hydrogens is 536 g/mol. The van der Waals surface area contributed by atoms with Gasteiger partial charge in [0.2, 0.25) is 5.95 Å². The number of nitrogens with zero attached hydrogens (tertiary/aromatic N) is 4. The Hall–Kier alpha value is -6.00. The second-order valence-corrected chi connectivity index (χ2v) is 10.8. The van der Waals surface area contributed by atoms with Gasteiger partial charge in [-0.2, -0.15) is 0 Å². The summed E-state index contributed by atoms with van der Waals surface area (Å²) in [7, 11) is 0. The highest BCUT2D eigenvalue weighted by atomic mass is 15.2. The molecule has 0 amide bonds. The zero-order valence-corrected chi connectivity index (χ0v) is 24.0. The van der Waals surface area contributed by atoms with Gasteiger partial charge in [0.15, 0.2) is 0 Å². The molecule has 0 bridgehead atoms. The number of anilines is 3. The van der Waals surface area contributed by atoms with Gasteiger partial charge in [0.05, 0.1) is 11.0 Å². The molecule has 8 rings (SSSR count).